The zero-order chi connectivity index (χ0) is 19.4. The SMILES string of the molecule is CCCN1CCc2ccc(NS(=O)(=O)c3ccc(C(C)=O)cc3)cc2CC1. The maximum absolute atomic E-state index is 12.7. The highest BCUT2D eigenvalue weighted by Gasteiger charge is 2.17. The topological polar surface area (TPSA) is 66.5 Å². The summed E-state index contributed by atoms with van der Waals surface area (Å²) in [4.78, 5) is 14.0. The fourth-order valence-electron chi connectivity index (χ4n) is 3.46. The molecule has 2 aromatic rings. The van der Waals surface area contributed by atoms with E-state index in [1.165, 1.54) is 42.3 Å². The highest BCUT2D eigenvalue weighted by Crippen LogP contribution is 2.23. The summed E-state index contributed by atoms with van der Waals surface area (Å²) in [6, 6.07) is 11.8. The summed E-state index contributed by atoms with van der Waals surface area (Å²) in [5.41, 5.74) is 3.58. The molecule has 0 saturated heterocycles. The molecule has 3 rings (SSSR count). The van der Waals surface area contributed by atoms with Gasteiger partial charge < -0.3 is 4.90 Å². The summed E-state index contributed by atoms with van der Waals surface area (Å²) in [5.74, 6) is -0.0882. The Morgan fingerprint density at radius 1 is 1.04 bits per heavy atom. The van der Waals surface area contributed by atoms with Crippen LogP contribution in [0.25, 0.3) is 0 Å². The number of sulfonamides is 1. The van der Waals surface area contributed by atoms with Crippen molar-refractivity contribution in [2.24, 2.45) is 0 Å². The largest absolute Gasteiger partial charge is 0.303 e. The maximum atomic E-state index is 12.7. The molecule has 0 spiro atoms. The molecular weight excluding hydrogens is 360 g/mol. The first-order valence-electron chi connectivity index (χ1n) is 9.37. The number of benzene rings is 2. The van der Waals surface area contributed by atoms with Crippen LogP contribution in [0.1, 0.15) is 41.8 Å². The number of rotatable bonds is 6. The van der Waals surface area contributed by atoms with Crippen LogP contribution >= 0.6 is 0 Å². The van der Waals surface area contributed by atoms with Crippen LogP contribution in [0.4, 0.5) is 5.69 Å². The van der Waals surface area contributed by atoms with Gasteiger partial charge in [0.1, 0.15) is 0 Å². The molecule has 27 heavy (non-hydrogen) atoms. The first-order valence-corrected chi connectivity index (χ1v) is 10.9. The summed E-state index contributed by atoms with van der Waals surface area (Å²) in [6.07, 6.45) is 3.07. The van der Waals surface area contributed by atoms with Crippen molar-refractivity contribution in [1.29, 1.82) is 0 Å². The Kier molecular flexibility index (Phi) is 5.97. The van der Waals surface area contributed by atoms with Gasteiger partial charge in [-0.05, 0) is 68.1 Å². The Labute approximate surface area is 161 Å². The van der Waals surface area contributed by atoms with Gasteiger partial charge in [-0.3, -0.25) is 9.52 Å². The van der Waals surface area contributed by atoms with Crippen molar-refractivity contribution < 1.29 is 13.2 Å². The number of Topliss-reactive ketones (excluding diaryl/α,β-unsaturated/α-hetero) is 1. The number of hydrogen-bond donors (Lipinski definition) is 1. The summed E-state index contributed by atoms with van der Waals surface area (Å²) in [5, 5.41) is 0. The third-order valence-corrected chi connectivity index (χ3v) is 6.36. The number of anilines is 1. The van der Waals surface area contributed by atoms with E-state index < -0.39 is 10.0 Å². The highest BCUT2D eigenvalue weighted by molar-refractivity contribution is 7.92. The van der Waals surface area contributed by atoms with Crippen LogP contribution in [0.3, 0.4) is 0 Å². The standard InChI is InChI=1S/C21H26N2O3S/c1-3-12-23-13-10-18-4-7-20(15-19(18)11-14-23)22-27(25,26)21-8-5-17(6-9-21)16(2)24/h4-9,15,22H,3,10-14H2,1-2H3. The molecule has 0 atom stereocenters. The van der Waals surface area contributed by atoms with E-state index in [2.05, 4.69) is 16.5 Å². The molecule has 1 heterocycles. The van der Waals surface area contributed by atoms with Gasteiger partial charge in [0.2, 0.25) is 0 Å². The highest BCUT2D eigenvalue weighted by atomic mass is 32.2. The molecule has 1 N–H and O–H groups in total. The maximum Gasteiger partial charge on any atom is 0.261 e. The van der Waals surface area contributed by atoms with E-state index in [9.17, 15) is 13.2 Å². The van der Waals surface area contributed by atoms with Gasteiger partial charge >= 0.3 is 0 Å². The van der Waals surface area contributed by atoms with Crippen LogP contribution in [0, 0.1) is 0 Å². The minimum atomic E-state index is -3.68. The monoisotopic (exact) mass is 386 g/mol. The molecule has 1 aliphatic rings. The number of carbonyl (C=O) groups excluding carboxylic acids is 1. The summed E-state index contributed by atoms with van der Waals surface area (Å²) < 4.78 is 28.0. The average molecular weight is 387 g/mol. The smallest absolute Gasteiger partial charge is 0.261 e. The fraction of sp³-hybridized carbons (Fsp3) is 0.381. The number of carbonyl (C=O) groups is 1. The quantitative estimate of drug-likeness (QED) is 0.772. The Hall–Kier alpha value is -2.18. The van der Waals surface area contributed by atoms with Gasteiger partial charge in [-0.25, -0.2) is 8.42 Å². The van der Waals surface area contributed by atoms with Crippen LogP contribution in [-0.4, -0.2) is 38.7 Å². The van der Waals surface area contributed by atoms with E-state index in [0.29, 0.717) is 11.3 Å². The van der Waals surface area contributed by atoms with E-state index in [-0.39, 0.29) is 10.7 Å². The van der Waals surface area contributed by atoms with Gasteiger partial charge in [0.15, 0.2) is 5.78 Å². The lowest BCUT2D eigenvalue weighted by Crippen LogP contribution is -2.27. The van der Waals surface area contributed by atoms with E-state index in [1.807, 2.05) is 18.2 Å². The summed E-state index contributed by atoms with van der Waals surface area (Å²) in [6.45, 7) is 6.80. The van der Waals surface area contributed by atoms with E-state index in [0.717, 1.165) is 38.9 Å². The lowest BCUT2D eigenvalue weighted by atomic mass is 10.0. The molecule has 0 radical (unpaired) electrons. The second kappa shape index (κ2) is 8.23. The molecule has 0 saturated carbocycles. The Morgan fingerprint density at radius 2 is 1.70 bits per heavy atom. The Morgan fingerprint density at radius 3 is 2.33 bits per heavy atom. The van der Waals surface area contributed by atoms with Crippen molar-refractivity contribution in [3.63, 3.8) is 0 Å². The van der Waals surface area contributed by atoms with Crippen LogP contribution in [0.15, 0.2) is 47.4 Å². The molecule has 1 aliphatic heterocycles. The van der Waals surface area contributed by atoms with Crippen LogP contribution in [0.2, 0.25) is 0 Å². The van der Waals surface area contributed by atoms with Crippen molar-refractivity contribution in [3.05, 3.63) is 59.2 Å². The second-order valence-electron chi connectivity index (χ2n) is 7.01. The predicted octanol–water partition coefficient (Wildman–Crippen LogP) is 3.50. The molecule has 6 heteroatoms. The normalized spacial score (nSPS) is 15.0. The molecule has 0 fully saturated rings. The minimum absolute atomic E-state index is 0.0882. The number of nitrogens with one attached hydrogen (secondary N) is 1. The zero-order valence-electron chi connectivity index (χ0n) is 15.9. The first kappa shape index (κ1) is 19.6. The minimum Gasteiger partial charge on any atom is -0.303 e. The van der Waals surface area contributed by atoms with Crippen LogP contribution < -0.4 is 4.72 Å². The Balaban J connectivity index is 1.77. The summed E-state index contributed by atoms with van der Waals surface area (Å²) in [7, 11) is -3.68. The van der Waals surface area contributed by atoms with Gasteiger partial charge in [0.05, 0.1) is 4.90 Å². The molecule has 0 aromatic heterocycles. The van der Waals surface area contributed by atoms with Gasteiger partial charge in [0, 0.05) is 24.3 Å². The van der Waals surface area contributed by atoms with Gasteiger partial charge in [-0.1, -0.05) is 25.1 Å². The van der Waals surface area contributed by atoms with Crippen molar-refractivity contribution in [2.45, 2.75) is 38.0 Å². The average Bonchev–Trinajstić information content (AvgIpc) is 2.84. The molecule has 0 amide bonds. The van der Waals surface area contributed by atoms with Crippen molar-refractivity contribution >= 4 is 21.5 Å². The third-order valence-electron chi connectivity index (χ3n) is 4.96. The Bertz CT molecular complexity index is 921. The van der Waals surface area contributed by atoms with Crippen molar-refractivity contribution in [3.8, 4) is 0 Å². The van der Waals surface area contributed by atoms with Crippen LogP contribution in [0.5, 0.6) is 0 Å². The van der Waals surface area contributed by atoms with E-state index >= 15 is 0 Å². The molecule has 0 bridgehead atoms. The predicted molar refractivity (Wildman–Crippen MR) is 108 cm³/mol. The van der Waals surface area contributed by atoms with Crippen molar-refractivity contribution in [2.75, 3.05) is 24.4 Å². The number of hydrogen-bond acceptors (Lipinski definition) is 4. The van der Waals surface area contributed by atoms with Gasteiger partial charge in [-0.2, -0.15) is 0 Å². The summed E-state index contributed by atoms with van der Waals surface area (Å²) >= 11 is 0. The van der Waals surface area contributed by atoms with Gasteiger partial charge in [0.25, 0.3) is 10.0 Å². The second-order valence-corrected chi connectivity index (χ2v) is 8.69. The molecule has 5 nitrogen and oxygen atoms in total. The van der Waals surface area contributed by atoms with Gasteiger partial charge in [-0.15, -0.1) is 0 Å². The lowest BCUT2D eigenvalue weighted by Gasteiger charge is -2.18. The molecule has 144 valence electrons. The zero-order valence-corrected chi connectivity index (χ0v) is 16.7. The number of nitrogens with zero attached hydrogens (tertiary/aromatic N) is 1. The number of fused-ring (bicyclic) bond motifs is 1. The van der Waals surface area contributed by atoms with Crippen molar-refractivity contribution in [1.82, 2.24) is 4.90 Å². The number of ketones is 1. The van der Waals surface area contributed by atoms with E-state index in [4.69, 9.17) is 0 Å². The third kappa shape index (κ3) is 4.76. The fourth-order valence-corrected chi connectivity index (χ4v) is 4.51. The molecule has 0 aliphatic carbocycles. The molecular formula is C21H26N2O3S. The first-order chi connectivity index (χ1) is 12.9. The molecule has 0 unspecified atom stereocenters. The van der Waals surface area contributed by atoms with E-state index in [1.54, 1.807) is 0 Å². The van der Waals surface area contributed by atoms with Crippen LogP contribution in [-0.2, 0) is 22.9 Å². The molecule has 2 aromatic carbocycles. The lowest BCUT2D eigenvalue weighted by molar-refractivity contribution is 0.101.